The van der Waals surface area contributed by atoms with Gasteiger partial charge in [-0.05, 0) is 31.9 Å². The van der Waals surface area contributed by atoms with Crippen LogP contribution in [0.4, 0.5) is 5.82 Å². The van der Waals surface area contributed by atoms with Crippen LogP contribution in [0.25, 0.3) is 5.65 Å². The third kappa shape index (κ3) is 3.46. The standard InChI is InChI=1S/C24H31N7O/c32-24(29-14-12-28(13-15-29)19-4-2-1-3-5-19)18-16-30(17-18)23-20-6-9-25-10-7-21(20)27-22-8-11-26-31(22)23/h2,4-5,8,11,18,25H,1,3,6-7,9-10,12-17H2. The predicted molar refractivity (Wildman–Crippen MR) is 124 cm³/mol. The number of allylic oxidation sites excluding steroid dienone is 3. The first-order valence-corrected chi connectivity index (χ1v) is 12.0. The Bertz CT molecular complexity index is 1070. The van der Waals surface area contributed by atoms with Crippen molar-refractivity contribution in [3.05, 3.63) is 47.4 Å². The van der Waals surface area contributed by atoms with E-state index in [0.29, 0.717) is 5.91 Å². The van der Waals surface area contributed by atoms with E-state index in [4.69, 9.17) is 4.98 Å². The molecule has 0 aromatic carbocycles. The molecule has 5 heterocycles. The number of fused-ring (bicyclic) bond motifs is 2. The highest BCUT2D eigenvalue weighted by Gasteiger charge is 2.39. The second kappa shape index (κ2) is 8.24. The Morgan fingerprint density at radius 3 is 2.69 bits per heavy atom. The molecule has 1 N–H and O–H groups in total. The van der Waals surface area contributed by atoms with E-state index in [2.05, 4.69) is 43.3 Å². The fourth-order valence-corrected chi connectivity index (χ4v) is 5.42. The van der Waals surface area contributed by atoms with E-state index in [-0.39, 0.29) is 5.92 Å². The second-order valence-electron chi connectivity index (χ2n) is 9.23. The molecular weight excluding hydrogens is 402 g/mol. The third-order valence-electron chi connectivity index (χ3n) is 7.24. The molecule has 32 heavy (non-hydrogen) atoms. The summed E-state index contributed by atoms with van der Waals surface area (Å²) < 4.78 is 1.97. The molecule has 2 fully saturated rings. The predicted octanol–water partition coefficient (Wildman–Crippen LogP) is 1.23. The number of piperazine rings is 1. The van der Waals surface area contributed by atoms with Crippen molar-refractivity contribution in [2.24, 2.45) is 5.92 Å². The summed E-state index contributed by atoms with van der Waals surface area (Å²) in [7, 11) is 0. The van der Waals surface area contributed by atoms with Gasteiger partial charge < -0.3 is 20.0 Å². The van der Waals surface area contributed by atoms with E-state index < -0.39 is 0 Å². The fraction of sp³-hybridized carbons (Fsp3) is 0.542. The molecule has 2 saturated heterocycles. The normalized spacial score (nSPS) is 21.9. The first-order valence-electron chi connectivity index (χ1n) is 12.0. The van der Waals surface area contributed by atoms with Crippen LogP contribution < -0.4 is 10.2 Å². The van der Waals surface area contributed by atoms with Crippen LogP contribution >= 0.6 is 0 Å². The molecule has 8 nitrogen and oxygen atoms in total. The Hall–Kier alpha value is -2.87. The van der Waals surface area contributed by atoms with Gasteiger partial charge in [0.15, 0.2) is 5.65 Å². The number of hydrogen-bond acceptors (Lipinski definition) is 6. The summed E-state index contributed by atoms with van der Waals surface area (Å²) in [5.74, 6) is 1.53. The van der Waals surface area contributed by atoms with Crippen LogP contribution in [-0.4, -0.2) is 82.7 Å². The molecule has 6 rings (SSSR count). The Kier molecular flexibility index (Phi) is 5.09. The summed E-state index contributed by atoms with van der Waals surface area (Å²) in [6.07, 6.45) is 12.8. The van der Waals surface area contributed by atoms with E-state index in [1.54, 1.807) is 0 Å². The maximum absolute atomic E-state index is 13.2. The molecule has 0 saturated carbocycles. The van der Waals surface area contributed by atoms with Crippen molar-refractivity contribution in [1.29, 1.82) is 0 Å². The summed E-state index contributed by atoms with van der Waals surface area (Å²) in [4.78, 5) is 24.9. The van der Waals surface area contributed by atoms with E-state index in [0.717, 1.165) is 89.5 Å². The first-order chi connectivity index (χ1) is 15.8. The van der Waals surface area contributed by atoms with Crippen LogP contribution in [0.15, 0.2) is 36.2 Å². The maximum atomic E-state index is 13.2. The van der Waals surface area contributed by atoms with Crippen LogP contribution in [0.5, 0.6) is 0 Å². The number of amides is 1. The molecule has 3 aliphatic heterocycles. The average Bonchev–Trinajstić information content (AvgIpc) is 3.15. The van der Waals surface area contributed by atoms with Gasteiger partial charge in [-0.15, -0.1) is 0 Å². The minimum absolute atomic E-state index is 0.0775. The molecule has 0 bridgehead atoms. The molecule has 168 valence electrons. The van der Waals surface area contributed by atoms with Gasteiger partial charge in [-0.3, -0.25) is 4.79 Å². The molecule has 0 radical (unpaired) electrons. The van der Waals surface area contributed by atoms with Crippen molar-refractivity contribution in [2.45, 2.75) is 25.7 Å². The minimum Gasteiger partial charge on any atom is -0.368 e. The lowest BCUT2D eigenvalue weighted by Gasteiger charge is -2.44. The SMILES string of the molecule is O=C(C1CN(c2c3c(nc4ccnn24)CCNCC3)C1)N1CCN(C2=CCCC=C2)CC1. The van der Waals surface area contributed by atoms with Crippen LogP contribution in [0.1, 0.15) is 24.1 Å². The summed E-state index contributed by atoms with van der Waals surface area (Å²) >= 11 is 0. The van der Waals surface area contributed by atoms with Gasteiger partial charge in [0, 0.05) is 69.6 Å². The fourth-order valence-electron chi connectivity index (χ4n) is 5.42. The van der Waals surface area contributed by atoms with Crippen LogP contribution in [-0.2, 0) is 17.6 Å². The van der Waals surface area contributed by atoms with Gasteiger partial charge in [-0.25, -0.2) is 4.98 Å². The molecule has 2 aromatic heterocycles. The van der Waals surface area contributed by atoms with Crippen molar-refractivity contribution < 1.29 is 4.79 Å². The van der Waals surface area contributed by atoms with Gasteiger partial charge in [0.1, 0.15) is 5.82 Å². The largest absolute Gasteiger partial charge is 0.368 e. The summed E-state index contributed by atoms with van der Waals surface area (Å²) in [5.41, 5.74) is 4.70. The van der Waals surface area contributed by atoms with Gasteiger partial charge in [0.2, 0.25) is 5.91 Å². The number of aromatic nitrogens is 3. The van der Waals surface area contributed by atoms with Crippen LogP contribution in [0.3, 0.4) is 0 Å². The van der Waals surface area contributed by atoms with Crippen molar-refractivity contribution in [2.75, 3.05) is 57.3 Å². The number of hydrogen-bond donors (Lipinski definition) is 1. The van der Waals surface area contributed by atoms with E-state index in [1.165, 1.54) is 17.0 Å². The molecule has 0 unspecified atom stereocenters. The first kappa shape index (κ1) is 19.8. The van der Waals surface area contributed by atoms with Gasteiger partial charge in [0.25, 0.3) is 0 Å². The number of carbonyl (C=O) groups is 1. The molecule has 1 aliphatic carbocycles. The van der Waals surface area contributed by atoms with Gasteiger partial charge in [-0.1, -0.05) is 12.2 Å². The lowest BCUT2D eigenvalue weighted by molar-refractivity contribution is -0.137. The monoisotopic (exact) mass is 433 g/mol. The van der Waals surface area contributed by atoms with Crippen molar-refractivity contribution in [1.82, 2.24) is 29.7 Å². The van der Waals surface area contributed by atoms with Gasteiger partial charge >= 0.3 is 0 Å². The smallest absolute Gasteiger partial charge is 0.229 e. The molecule has 0 spiro atoms. The molecular formula is C24H31N7O. The number of rotatable bonds is 3. The van der Waals surface area contributed by atoms with Crippen LogP contribution in [0, 0.1) is 5.92 Å². The van der Waals surface area contributed by atoms with E-state index >= 15 is 0 Å². The van der Waals surface area contributed by atoms with Crippen molar-refractivity contribution >= 4 is 17.4 Å². The van der Waals surface area contributed by atoms with Crippen molar-refractivity contribution in [3.63, 3.8) is 0 Å². The zero-order chi connectivity index (χ0) is 21.5. The highest BCUT2D eigenvalue weighted by atomic mass is 16.2. The summed E-state index contributed by atoms with van der Waals surface area (Å²) in [5, 5.41) is 8.03. The molecule has 8 heteroatoms. The molecule has 1 amide bonds. The molecule has 2 aromatic rings. The van der Waals surface area contributed by atoms with Gasteiger partial charge in [0.05, 0.1) is 17.8 Å². The quantitative estimate of drug-likeness (QED) is 0.785. The Morgan fingerprint density at radius 1 is 1.03 bits per heavy atom. The lowest BCUT2D eigenvalue weighted by atomic mass is 9.96. The summed E-state index contributed by atoms with van der Waals surface area (Å²) in [6.45, 7) is 6.95. The lowest BCUT2D eigenvalue weighted by Crippen LogP contribution is -2.58. The van der Waals surface area contributed by atoms with E-state index in [1.807, 2.05) is 16.8 Å². The Balaban J connectivity index is 1.13. The number of nitrogens with one attached hydrogen (secondary N) is 1. The Morgan fingerprint density at radius 2 is 1.88 bits per heavy atom. The zero-order valence-electron chi connectivity index (χ0n) is 18.5. The maximum Gasteiger partial charge on any atom is 0.229 e. The van der Waals surface area contributed by atoms with E-state index in [9.17, 15) is 4.79 Å². The highest BCUT2D eigenvalue weighted by Crippen LogP contribution is 2.32. The topological polar surface area (TPSA) is 69.0 Å². The zero-order valence-corrected chi connectivity index (χ0v) is 18.5. The Labute approximate surface area is 188 Å². The van der Waals surface area contributed by atoms with Crippen molar-refractivity contribution in [3.8, 4) is 0 Å². The number of nitrogens with zero attached hydrogens (tertiary/aromatic N) is 6. The summed E-state index contributed by atoms with van der Waals surface area (Å²) in [6, 6.07) is 1.97. The third-order valence-corrected chi connectivity index (χ3v) is 7.24. The highest BCUT2D eigenvalue weighted by molar-refractivity contribution is 5.82. The molecule has 4 aliphatic rings. The number of anilines is 1. The van der Waals surface area contributed by atoms with Gasteiger partial charge in [-0.2, -0.15) is 9.61 Å². The second-order valence-corrected chi connectivity index (χ2v) is 9.23. The minimum atomic E-state index is 0.0775. The molecule has 0 atom stereocenters. The van der Waals surface area contributed by atoms with Crippen LogP contribution in [0.2, 0.25) is 0 Å². The number of carbonyl (C=O) groups excluding carboxylic acids is 1. The average molecular weight is 434 g/mol.